The number of sulfone groups is 1. The summed E-state index contributed by atoms with van der Waals surface area (Å²) in [6.07, 6.45) is 4.52. The molecule has 2 fully saturated rings. The third-order valence-corrected chi connectivity index (χ3v) is 6.28. The molecule has 2 N–H and O–H groups in total. The summed E-state index contributed by atoms with van der Waals surface area (Å²) < 4.78 is 23.2. The van der Waals surface area contributed by atoms with Crippen molar-refractivity contribution in [2.45, 2.75) is 42.5 Å². The Labute approximate surface area is 162 Å². The minimum atomic E-state index is -3.56. The molecule has 3 rings (SSSR count). The first-order chi connectivity index (χ1) is 13.1. The fourth-order valence-electron chi connectivity index (χ4n) is 3.70. The number of hydrogen-bond donors (Lipinski definition) is 2. The number of amides is 3. The first kappa shape index (κ1) is 20.1. The molecular weight excluding hydrogens is 388 g/mol. The lowest BCUT2D eigenvalue weighted by atomic mass is 9.98. The molecule has 1 aliphatic heterocycles. The lowest BCUT2D eigenvalue weighted by Gasteiger charge is -2.20. The lowest BCUT2D eigenvalue weighted by molar-refractivity contribution is -0.384. The zero-order valence-electron chi connectivity index (χ0n) is 15.4. The fraction of sp³-hybridized carbons (Fsp3) is 0.529. The van der Waals surface area contributed by atoms with E-state index in [2.05, 4.69) is 10.6 Å². The van der Waals surface area contributed by atoms with Crippen molar-refractivity contribution in [2.75, 3.05) is 24.7 Å². The van der Waals surface area contributed by atoms with Crippen molar-refractivity contribution in [3.8, 4) is 0 Å². The topological polar surface area (TPSA) is 139 Å². The number of nitrogens with zero attached hydrogens (tertiary/aromatic N) is 2. The normalized spacial score (nSPS) is 18.5. The molecule has 10 nitrogen and oxygen atoms in total. The lowest BCUT2D eigenvalue weighted by Crippen LogP contribution is -2.44. The number of carbonyl (C=O) groups is 2. The third kappa shape index (κ3) is 3.79. The van der Waals surface area contributed by atoms with E-state index in [1.54, 1.807) is 0 Å². The molecule has 3 amide bonds. The molecule has 1 saturated carbocycles. The molecule has 1 aromatic carbocycles. The van der Waals surface area contributed by atoms with Crippen molar-refractivity contribution in [2.24, 2.45) is 0 Å². The zero-order valence-corrected chi connectivity index (χ0v) is 16.3. The number of anilines is 1. The van der Waals surface area contributed by atoms with Crippen molar-refractivity contribution in [1.29, 1.82) is 0 Å². The molecular formula is C17H22N4O6S. The minimum absolute atomic E-state index is 0.133. The Balaban J connectivity index is 1.60. The summed E-state index contributed by atoms with van der Waals surface area (Å²) in [6.45, 7) is 0.484. The summed E-state index contributed by atoms with van der Waals surface area (Å²) in [5.74, 6) is -0.196. The van der Waals surface area contributed by atoms with Gasteiger partial charge in [-0.15, -0.1) is 0 Å². The second-order valence-corrected chi connectivity index (χ2v) is 9.18. The maximum Gasteiger partial charge on any atom is 0.325 e. The highest BCUT2D eigenvalue weighted by molar-refractivity contribution is 7.90. The van der Waals surface area contributed by atoms with Crippen LogP contribution in [0.4, 0.5) is 16.2 Å². The largest absolute Gasteiger partial charge is 0.379 e. The van der Waals surface area contributed by atoms with Crippen LogP contribution >= 0.6 is 0 Å². The van der Waals surface area contributed by atoms with Gasteiger partial charge in [0.1, 0.15) is 11.2 Å². The van der Waals surface area contributed by atoms with E-state index in [9.17, 15) is 28.1 Å². The van der Waals surface area contributed by atoms with Crippen LogP contribution in [0.5, 0.6) is 0 Å². The van der Waals surface area contributed by atoms with Crippen LogP contribution in [-0.4, -0.2) is 55.1 Å². The molecule has 1 heterocycles. The standard InChI is InChI=1S/C17H22N4O6S/c1-28(26,27)12-5-6-13(14(11-12)21(24)25)18-9-4-10-20-15(22)17(19-16(20)23)7-2-3-8-17/h5-6,11,18H,2-4,7-10H2,1H3,(H,19,23). The van der Waals surface area contributed by atoms with Crippen LogP contribution in [0.15, 0.2) is 23.1 Å². The van der Waals surface area contributed by atoms with Crippen LogP contribution in [-0.2, 0) is 14.6 Å². The van der Waals surface area contributed by atoms with Crippen molar-refractivity contribution >= 4 is 33.2 Å². The number of benzene rings is 1. The van der Waals surface area contributed by atoms with Crippen molar-refractivity contribution in [3.63, 3.8) is 0 Å². The van der Waals surface area contributed by atoms with Gasteiger partial charge in [0.2, 0.25) is 0 Å². The van der Waals surface area contributed by atoms with E-state index in [0.717, 1.165) is 25.2 Å². The summed E-state index contributed by atoms with van der Waals surface area (Å²) in [7, 11) is -3.56. The van der Waals surface area contributed by atoms with Crippen LogP contribution in [0.3, 0.4) is 0 Å². The Morgan fingerprint density at radius 2 is 1.96 bits per heavy atom. The first-order valence-corrected chi connectivity index (χ1v) is 10.9. The minimum Gasteiger partial charge on any atom is -0.379 e. The maximum absolute atomic E-state index is 12.6. The second kappa shape index (κ2) is 7.38. The van der Waals surface area contributed by atoms with Crippen LogP contribution in [0.2, 0.25) is 0 Å². The molecule has 0 atom stereocenters. The molecule has 152 valence electrons. The molecule has 1 spiro atoms. The Morgan fingerprint density at radius 1 is 1.29 bits per heavy atom. The molecule has 0 unspecified atom stereocenters. The van der Waals surface area contributed by atoms with Gasteiger partial charge in [0.05, 0.1) is 9.82 Å². The van der Waals surface area contributed by atoms with Gasteiger partial charge in [-0.1, -0.05) is 12.8 Å². The Morgan fingerprint density at radius 3 is 2.57 bits per heavy atom. The Kier molecular flexibility index (Phi) is 5.28. The molecule has 1 aliphatic carbocycles. The quantitative estimate of drug-likeness (QED) is 0.302. The van der Waals surface area contributed by atoms with Crippen LogP contribution in [0, 0.1) is 10.1 Å². The number of hydrogen-bond acceptors (Lipinski definition) is 7. The third-order valence-electron chi connectivity index (χ3n) is 5.17. The smallest absolute Gasteiger partial charge is 0.325 e. The average Bonchev–Trinajstić information content (AvgIpc) is 3.17. The number of carbonyl (C=O) groups excluding carboxylic acids is 2. The van der Waals surface area contributed by atoms with Gasteiger partial charge < -0.3 is 10.6 Å². The predicted molar refractivity (Wildman–Crippen MR) is 101 cm³/mol. The summed E-state index contributed by atoms with van der Waals surface area (Å²) in [5.41, 5.74) is -0.908. The number of urea groups is 1. The van der Waals surface area contributed by atoms with Crippen LogP contribution in [0.1, 0.15) is 32.1 Å². The zero-order chi connectivity index (χ0) is 20.5. The van der Waals surface area contributed by atoms with Crippen molar-refractivity contribution in [1.82, 2.24) is 10.2 Å². The molecule has 11 heteroatoms. The number of rotatable bonds is 7. The summed E-state index contributed by atoms with van der Waals surface area (Å²) in [4.78, 5) is 36.3. The van der Waals surface area contributed by atoms with E-state index in [1.165, 1.54) is 17.0 Å². The monoisotopic (exact) mass is 410 g/mol. The van der Waals surface area contributed by atoms with Crippen molar-refractivity contribution in [3.05, 3.63) is 28.3 Å². The van der Waals surface area contributed by atoms with Gasteiger partial charge in [-0.05, 0) is 31.4 Å². The van der Waals surface area contributed by atoms with Gasteiger partial charge >= 0.3 is 6.03 Å². The highest BCUT2D eigenvalue weighted by Crippen LogP contribution is 2.35. The van der Waals surface area contributed by atoms with Gasteiger partial charge in [0.15, 0.2) is 9.84 Å². The number of nitro groups is 1. The van der Waals surface area contributed by atoms with Gasteiger partial charge in [-0.2, -0.15) is 0 Å². The first-order valence-electron chi connectivity index (χ1n) is 9.00. The fourth-order valence-corrected chi connectivity index (χ4v) is 4.34. The maximum atomic E-state index is 12.6. The highest BCUT2D eigenvalue weighted by Gasteiger charge is 2.51. The van der Waals surface area contributed by atoms with E-state index >= 15 is 0 Å². The summed E-state index contributed by atoms with van der Waals surface area (Å²) in [5, 5.41) is 16.9. The van der Waals surface area contributed by atoms with Gasteiger partial charge in [-0.3, -0.25) is 19.8 Å². The molecule has 0 bridgehead atoms. The van der Waals surface area contributed by atoms with Gasteiger partial charge in [0, 0.05) is 25.4 Å². The molecule has 0 aromatic heterocycles. The van der Waals surface area contributed by atoms with Crippen LogP contribution < -0.4 is 10.6 Å². The number of nitro benzene ring substituents is 1. The molecule has 2 aliphatic rings. The summed E-state index contributed by atoms with van der Waals surface area (Å²) >= 11 is 0. The molecule has 1 aromatic rings. The van der Waals surface area contributed by atoms with Crippen molar-refractivity contribution < 1.29 is 22.9 Å². The SMILES string of the molecule is CS(=O)(=O)c1ccc(NCCCN2C(=O)NC3(CCCC3)C2=O)c([N+](=O)[O-])c1. The second-order valence-electron chi connectivity index (χ2n) is 7.16. The van der Waals surface area contributed by atoms with Gasteiger partial charge in [-0.25, -0.2) is 13.2 Å². The highest BCUT2D eigenvalue weighted by atomic mass is 32.2. The average molecular weight is 410 g/mol. The van der Waals surface area contributed by atoms with E-state index in [0.29, 0.717) is 19.3 Å². The van der Waals surface area contributed by atoms with E-state index in [4.69, 9.17) is 0 Å². The predicted octanol–water partition coefficient (Wildman–Crippen LogP) is 1.66. The Hall–Kier alpha value is -2.69. The number of nitrogens with one attached hydrogen (secondary N) is 2. The molecule has 0 radical (unpaired) electrons. The number of imide groups is 1. The molecule has 28 heavy (non-hydrogen) atoms. The van der Waals surface area contributed by atoms with E-state index in [-0.39, 0.29) is 35.3 Å². The summed E-state index contributed by atoms with van der Waals surface area (Å²) in [6, 6.07) is 3.26. The van der Waals surface area contributed by atoms with Crippen LogP contribution in [0.25, 0.3) is 0 Å². The Bertz CT molecular complexity index is 924. The van der Waals surface area contributed by atoms with E-state index < -0.39 is 26.3 Å². The van der Waals surface area contributed by atoms with E-state index in [1.807, 2.05) is 0 Å². The molecule has 1 saturated heterocycles. The van der Waals surface area contributed by atoms with Gasteiger partial charge in [0.25, 0.3) is 11.6 Å².